The molecule has 0 fully saturated rings. The SMILES string of the molecule is CCCCCCCCCCCC/C=C/CCCCC1NC=CN1CCN. The molecule has 0 aromatic heterocycles. The lowest BCUT2D eigenvalue weighted by molar-refractivity contribution is 0.265. The third-order valence-corrected chi connectivity index (χ3v) is 5.33. The molecule has 1 rings (SSSR count). The van der Waals surface area contributed by atoms with Crippen molar-refractivity contribution in [1.29, 1.82) is 0 Å². The van der Waals surface area contributed by atoms with Crippen LogP contribution >= 0.6 is 0 Å². The molecular weight excluding hydrogens is 318 g/mol. The summed E-state index contributed by atoms with van der Waals surface area (Å²) in [7, 11) is 0. The van der Waals surface area contributed by atoms with Gasteiger partial charge in [-0.3, -0.25) is 0 Å². The zero-order chi connectivity index (χ0) is 18.7. The number of unbranched alkanes of at least 4 members (excludes halogenated alkanes) is 12. The number of rotatable bonds is 18. The van der Waals surface area contributed by atoms with Gasteiger partial charge in [0.2, 0.25) is 0 Å². The quantitative estimate of drug-likeness (QED) is 0.229. The van der Waals surface area contributed by atoms with E-state index in [0.29, 0.717) is 6.17 Å². The van der Waals surface area contributed by atoms with Crippen LogP contribution in [0.5, 0.6) is 0 Å². The van der Waals surface area contributed by atoms with Gasteiger partial charge in [-0.15, -0.1) is 0 Å². The van der Waals surface area contributed by atoms with Crippen molar-refractivity contribution in [3.05, 3.63) is 24.6 Å². The maximum absolute atomic E-state index is 5.65. The summed E-state index contributed by atoms with van der Waals surface area (Å²) in [5.41, 5.74) is 5.65. The smallest absolute Gasteiger partial charge is 0.0981 e. The standard InChI is InChI=1S/C23H45N3/c1-2-3-4-5-6-7-8-9-10-11-12-13-14-15-16-17-18-23-25-20-22-26(23)21-19-24/h13-14,20,22-23,25H,2-12,15-19,21,24H2,1H3/b14-13+. The van der Waals surface area contributed by atoms with E-state index in [-0.39, 0.29) is 0 Å². The highest BCUT2D eigenvalue weighted by molar-refractivity contribution is 4.94. The van der Waals surface area contributed by atoms with Crippen LogP contribution in [0.25, 0.3) is 0 Å². The largest absolute Gasteiger partial charge is 0.370 e. The number of nitrogens with one attached hydrogen (secondary N) is 1. The second-order valence-electron chi connectivity index (χ2n) is 7.75. The van der Waals surface area contributed by atoms with E-state index in [1.807, 2.05) is 6.20 Å². The Hall–Kier alpha value is -0.960. The van der Waals surface area contributed by atoms with E-state index in [4.69, 9.17) is 5.73 Å². The third-order valence-electron chi connectivity index (χ3n) is 5.33. The molecule has 0 saturated heterocycles. The number of hydrogen-bond acceptors (Lipinski definition) is 3. The van der Waals surface area contributed by atoms with Crippen LogP contribution < -0.4 is 11.1 Å². The molecule has 0 aliphatic carbocycles. The molecule has 0 aromatic rings. The molecule has 0 bridgehead atoms. The molecule has 1 heterocycles. The maximum atomic E-state index is 5.65. The second-order valence-corrected chi connectivity index (χ2v) is 7.75. The van der Waals surface area contributed by atoms with Gasteiger partial charge >= 0.3 is 0 Å². The molecule has 0 aromatic carbocycles. The summed E-state index contributed by atoms with van der Waals surface area (Å²) in [6.07, 6.45) is 30.0. The zero-order valence-corrected chi connectivity index (χ0v) is 17.4. The summed E-state index contributed by atoms with van der Waals surface area (Å²) < 4.78 is 0. The van der Waals surface area contributed by atoms with Gasteiger partial charge in [-0.2, -0.15) is 0 Å². The predicted octanol–water partition coefficient (Wildman–Crippen LogP) is 6.08. The molecule has 26 heavy (non-hydrogen) atoms. The van der Waals surface area contributed by atoms with Gasteiger partial charge in [0.15, 0.2) is 0 Å². The summed E-state index contributed by atoms with van der Waals surface area (Å²) in [6, 6.07) is 0. The van der Waals surface area contributed by atoms with E-state index in [9.17, 15) is 0 Å². The lowest BCUT2D eigenvalue weighted by atomic mass is 10.1. The number of nitrogens with zero attached hydrogens (tertiary/aromatic N) is 1. The van der Waals surface area contributed by atoms with Gasteiger partial charge in [0, 0.05) is 25.5 Å². The fourth-order valence-corrected chi connectivity index (χ4v) is 3.66. The lowest BCUT2D eigenvalue weighted by Gasteiger charge is -2.24. The molecule has 0 saturated carbocycles. The summed E-state index contributed by atoms with van der Waals surface area (Å²) in [5, 5.41) is 3.42. The van der Waals surface area contributed by atoms with Gasteiger partial charge in [0.05, 0.1) is 6.17 Å². The Bertz CT molecular complexity index is 351. The van der Waals surface area contributed by atoms with Crippen molar-refractivity contribution in [2.45, 2.75) is 109 Å². The highest BCUT2D eigenvalue weighted by Crippen LogP contribution is 2.13. The first-order valence-electron chi connectivity index (χ1n) is 11.4. The molecule has 3 heteroatoms. The van der Waals surface area contributed by atoms with Gasteiger partial charge in [0.25, 0.3) is 0 Å². The molecule has 152 valence electrons. The number of allylic oxidation sites excluding steroid dienone is 2. The van der Waals surface area contributed by atoms with E-state index < -0.39 is 0 Å². The first kappa shape index (κ1) is 23.1. The van der Waals surface area contributed by atoms with E-state index in [0.717, 1.165) is 13.1 Å². The predicted molar refractivity (Wildman–Crippen MR) is 116 cm³/mol. The summed E-state index contributed by atoms with van der Waals surface area (Å²) in [4.78, 5) is 2.32. The molecule has 3 nitrogen and oxygen atoms in total. The molecular formula is C23H45N3. The minimum Gasteiger partial charge on any atom is -0.370 e. The van der Waals surface area contributed by atoms with Crippen LogP contribution in [-0.4, -0.2) is 24.2 Å². The first-order chi connectivity index (χ1) is 12.9. The normalized spacial score (nSPS) is 16.7. The lowest BCUT2D eigenvalue weighted by Crippen LogP contribution is -2.37. The third kappa shape index (κ3) is 12.4. The van der Waals surface area contributed by atoms with Crippen molar-refractivity contribution in [3.63, 3.8) is 0 Å². The van der Waals surface area contributed by atoms with Gasteiger partial charge < -0.3 is 16.0 Å². The first-order valence-corrected chi connectivity index (χ1v) is 11.4. The van der Waals surface area contributed by atoms with Crippen LogP contribution in [0.1, 0.15) is 103 Å². The Labute approximate surface area is 163 Å². The van der Waals surface area contributed by atoms with Crippen molar-refractivity contribution in [3.8, 4) is 0 Å². The summed E-state index contributed by atoms with van der Waals surface area (Å²) >= 11 is 0. The molecule has 1 unspecified atom stereocenters. The van der Waals surface area contributed by atoms with Crippen LogP contribution in [0.2, 0.25) is 0 Å². The second kappa shape index (κ2) is 17.5. The van der Waals surface area contributed by atoms with Gasteiger partial charge in [-0.25, -0.2) is 0 Å². The highest BCUT2D eigenvalue weighted by Gasteiger charge is 2.16. The number of nitrogens with two attached hydrogens (primary N) is 1. The number of hydrogen-bond donors (Lipinski definition) is 2. The highest BCUT2D eigenvalue weighted by atomic mass is 15.3. The van der Waals surface area contributed by atoms with Crippen molar-refractivity contribution < 1.29 is 0 Å². The van der Waals surface area contributed by atoms with Crippen molar-refractivity contribution in [2.75, 3.05) is 13.1 Å². The molecule has 1 atom stereocenters. The molecule has 3 N–H and O–H groups in total. The molecule has 0 spiro atoms. The molecule has 1 aliphatic rings. The molecule has 1 aliphatic heterocycles. The molecule has 0 radical (unpaired) electrons. The van der Waals surface area contributed by atoms with E-state index in [1.165, 1.54) is 96.3 Å². The van der Waals surface area contributed by atoms with Crippen molar-refractivity contribution in [2.24, 2.45) is 5.73 Å². The average molecular weight is 364 g/mol. The van der Waals surface area contributed by atoms with E-state index in [1.54, 1.807) is 0 Å². The minimum absolute atomic E-state index is 0.467. The van der Waals surface area contributed by atoms with Crippen LogP contribution in [0, 0.1) is 0 Å². The Kier molecular flexibility index (Phi) is 15.5. The van der Waals surface area contributed by atoms with Crippen molar-refractivity contribution >= 4 is 0 Å². The van der Waals surface area contributed by atoms with Crippen LogP contribution in [0.15, 0.2) is 24.6 Å². The maximum Gasteiger partial charge on any atom is 0.0981 e. The topological polar surface area (TPSA) is 41.3 Å². The van der Waals surface area contributed by atoms with Crippen molar-refractivity contribution in [1.82, 2.24) is 10.2 Å². The van der Waals surface area contributed by atoms with Gasteiger partial charge in [-0.05, 0) is 38.5 Å². The minimum atomic E-state index is 0.467. The molecule has 0 amide bonds. The fraction of sp³-hybridized carbons (Fsp3) is 0.826. The summed E-state index contributed by atoms with van der Waals surface area (Å²) in [6.45, 7) is 3.97. The van der Waals surface area contributed by atoms with Crippen LogP contribution in [0.4, 0.5) is 0 Å². The summed E-state index contributed by atoms with van der Waals surface area (Å²) in [5.74, 6) is 0. The van der Waals surface area contributed by atoms with Crippen LogP contribution in [-0.2, 0) is 0 Å². The van der Waals surface area contributed by atoms with E-state index in [2.05, 4.69) is 35.5 Å². The zero-order valence-electron chi connectivity index (χ0n) is 17.4. The Morgan fingerprint density at radius 1 is 0.846 bits per heavy atom. The monoisotopic (exact) mass is 363 g/mol. The van der Waals surface area contributed by atoms with Crippen LogP contribution in [0.3, 0.4) is 0 Å². The van der Waals surface area contributed by atoms with E-state index >= 15 is 0 Å². The van der Waals surface area contributed by atoms with Gasteiger partial charge in [0.1, 0.15) is 0 Å². The Morgan fingerprint density at radius 3 is 2.04 bits per heavy atom. The average Bonchev–Trinajstić information content (AvgIpc) is 3.09. The van der Waals surface area contributed by atoms with Gasteiger partial charge in [-0.1, -0.05) is 76.9 Å². The fourth-order valence-electron chi connectivity index (χ4n) is 3.66. The Balaban J connectivity index is 1.80. The Morgan fingerprint density at radius 2 is 1.42 bits per heavy atom.